The number of hydrogen-bond acceptors (Lipinski definition) is 3. The highest BCUT2D eigenvalue weighted by molar-refractivity contribution is 5.99. The monoisotopic (exact) mass is 296 g/mol. The summed E-state index contributed by atoms with van der Waals surface area (Å²) in [7, 11) is 1.68. The Morgan fingerprint density at radius 2 is 2.00 bits per heavy atom. The average Bonchev–Trinajstić information content (AvgIpc) is 3.27. The lowest BCUT2D eigenvalue weighted by Crippen LogP contribution is -2.70. The van der Waals surface area contributed by atoms with Crippen molar-refractivity contribution in [2.75, 3.05) is 13.7 Å². The van der Waals surface area contributed by atoms with Crippen LogP contribution in [0.25, 0.3) is 0 Å². The van der Waals surface area contributed by atoms with E-state index in [4.69, 9.17) is 4.74 Å². The van der Waals surface area contributed by atoms with Crippen LogP contribution in [0.3, 0.4) is 0 Å². The Balaban J connectivity index is 2.18. The smallest absolute Gasteiger partial charge is 0.246 e. The summed E-state index contributed by atoms with van der Waals surface area (Å²) >= 11 is 0. The number of carbonyl (C=O) groups is 2. The average molecular weight is 296 g/mol. The lowest BCUT2D eigenvalue weighted by molar-refractivity contribution is -0.158. The molecule has 2 atom stereocenters. The van der Waals surface area contributed by atoms with E-state index in [1.165, 1.54) is 0 Å². The van der Waals surface area contributed by atoms with Gasteiger partial charge in [0.05, 0.1) is 5.60 Å². The number of amides is 2. The third kappa shape index (κ3) is 3.07. The van der Waals surface area contributed by atoms with Crippen molar-refractivity contribution in [2.45, 2.75) is 70.6 Å². The van der Waals surface area contributed by atoms with Crippen molar-refractivity contribution in [1.82, 2.24) is 10.2 Å². The van der Waals surface area contributed by atoms with Crippen LogP contribution in [-0.2, 0) is 14.3 Å². The minimum atomic E-state index is -0.744. The Morgan fingerprint density at radius 3 is 2.48 bits per heavy atom. The molecule has 0 radical (unpaired) electrons. The Labute approximate surface area is 127 Å². The highest BCUT2D eigenvalue weighted by Gasteiger charge is 2.52. The molecule has 0 bridgehead atoms. The van der Waals surface area contributed by atoms with Gasteiger partial charge < -0.3 is 15.0 Å². The van der Waals surface area contributed by atoms with Crippen LogP contribution in [-0.4, -0.2) is 47.6 Å². The second kappa shape index (κ2) is 5.59. The topological polar surface area (TPSA) is 58.6 Å². The maximum Gasteiger partial charge on any atom is 0.246 e. The molecular weight excluding hydrogens is 268 g/mol. The number of rotatable bonds is 6. The second-order valence-corrected chi connectivity index (χ2v) is 7.12. The molecule has 1 aliphatic heterocycles. The highest BCUT2D eigenvalue weighted by Crippen LogP contribution is 2.37. The van der Waals surface area contributed by atoms with Crippen LogP contribution in [0.1, 0.15) is 53.4 Å². The number of hydrogen-bond donors (Lipinski definition) is 1. The Kier molecular flexibility index (Phi) is 4.34. The molecule has 2 unspecified atom stereocenters. The summed E-state index contributed by atoms with van der Waals surface area (Å²) in [6.07, 6.45) is 3.42. The lowest BCUT2D eigenvalue weighted by Gasteiger charge is -2.47. The van der Waals surface area contributed by atoms with Crippen molar-refractivity contribution in [3.05, 3.63) is 0 Å². The fourth-order valence-electron chi connectivity index (χ4n) is 2.83. The van der Waals surface area contributed by atoms with Crippen molar-refractivity contribution in [3.63, 3.8) is 0 Å². The summed E-state index contributed by atoms with van der Waals surface area (Å²) in [5.74, 6) is 0.394. The minimum absolute atomic E-state index is 0.0169. The molecule has 0 spiro atoms. The van der Waals surface area contributed by atoms with Crippen LogP contribution in [0.4, 0.5) is 0 Å². The quantitative estimate of drug-likeness (QED) is 0.812. The fraction of sp³-hybridized carbons (Fsp3) is 0.875. The third-order valence-corrected chi connectivity index (χ3v) is 5.18. The van der Waals surface area contributed by atoms with Gasteiger partial charge in [-0.25, -0.2) is 0 Å². The first-order valence-corrected chi connectivity index (χ1v) is 7.93. The Bertz CT molecular complexity index is 431. The first kappa shape index (κ1) is 16.3. The summed E-state index contributed by atoms with van der Waals surface area (Å²) in [4.78, 5) is 27.1. The summed E-state index contributed by atoms with van der Waals surface area (Å²) in [6.45, 7) is 8.38. The third-order valence-electron chi connectivity index (χ3n) is 5.18. The molecule has 5 heteroatoms. The molecule has 5 nitrogen and oxygen atoms in total. The molecule has 0 aromatic carbocycles. The molecule has 2 fully saturated rings. The fourth-order valence-corrected chi connectivity index (χ4v) is 2.83. The van der Waals surface area contributed by atoms with E-state index in [1.54, 1.807) is 12.0 Å². The minimum Gasteiger partial charge on any atom is -0.379 e. The molecule has 1 heterocycles. The molecule has 2 amide bonds. The summed E-state index contributed by atoms with van der Waals surface area (Å²) in [5, 5.41) is 2.95. The van der Waals surface area contributed by atoms with Crippen LogP contribution in [0.5, 0.6) is 0 Å². The van der Waals surface area contributed by atoms with Gasteiger partial charge in [-0.15, -0.1) is 0 Å². The van der Waals surface area contributed by atoms with E-state index in [-0.39, 0.29) is 23.5 Å². The summed E-state index contributed by atoms with van der Waals surface area (Å²) in [5.41, 5.74) is -1.04. The van der Waals surface area contributed by atoms with Gasteiger partial charge in [0.1, 0.15) is 11.6 Å². The molecule has 0 aromatic rings. The van der Waals surface area contributed by atoms with Gasteiger partial charge >= 0.3 is 0 Å². The van der Waals surface area contributed by atoms with Crippen molar-refractivity contribution in [1.29, 1.82) is 0 Å². The maximum atomic E-state index is 12.8. The van der Waals surface area contributed by atoms with Crippen LogP contribution < -0.4 is 5.32 Å². The van der Waals surface area contributed by atoms with Gasteiger partial charge in [-0.1, -0.05) is 6.92 Å². The van der Waals surface area contributed by atoms with Gasteiger partial charge in [0, 0.05) is 13.7 Å². The van der Waals surface area contributed by atoms with Gasteiger partial charge in [-0.2, -0.15) is 0 Å². The van der Waals surface area contributed by atoms with Gasteiger partial charge in [-0.05, 0) is 52.4 Å². The summed E-state index contributed by atoms with van der Waals surface area (Å²) in [6, 6.07) is -0.317. The van der Waals surface area contributed by atoms with Crippen LogP contribution in [0, 0.1) is 5.92 Å². The zero-order valence-corrected chi connectivity index (χ0v) is 13.9. The predicted molar refractivity (Wildman–Crippen MR) is 80.8 cm³/mol. The zero-order valence-electron chi connectivity index (χ0n) is 13.9. The van der Waals surface area contributed by atoms with E-state index in [0.29, 0.717) is 18.9 Å². The zero-order chi connectivity index (χ0) is 15.8. The second-order valence-electron chi connectivity index (χ2n) is 7.12. The van der Waals surface area contributed by atoms with Crippen molar-refractivity contribution in [3.8, 4) is 0 Å². The molecular formula is C16H28N2O3. The SMILES string of the molecule is CCC1(C)C(=O)NC(C2CC2)C(=O)N1CCC(C)(C)OC. The molecule has 1 N–H and O–H groups in total. The van der Waals surface area contributed by atoms with Gasteiger partial charge in [0.25, 0.3) is 0 Å². The highest BCUT2D eigenvalue weighted by atomic mass is 16.5. The van der Waals surface area contributed by atoms with E-state index in [0.717, 1.165) is 19.3 Å². The molecule has 1 aliphatic carbocycles. The van der Waals surface area contributed by atoms with E-state index >= 15 is 0 Å². The van der Waals surface area contributed by atoms with Crippen molar-refractivity contribution >= 4 is 11.8 Å². The Hall–Kier alpha value is -1.10. The van der Waals surface area contributed by atoms with E-state index in [2.05, 4.69) is 5.32 Å². The number of nitrogens with zero attached hydrogens (tertiary/aromatic N) is 1. The van der Waals surface area contributed by atoms with Crippen molar-refractivity contribution in [2.24, 2.45) is 5.92 Å². The Morgan fingerprint density at radius 1 is 1.38 bits per heavy atom. The molecule has 120 valence electrons. The molecule has 21 heavy (non-hydrogen) atoms. The number of piperazine rings is 1. The van der Waals surface area contributed by atoms with Gasteiger partial charge in [0.2, 0.25) is 11.8 Å². The number of nitrogens with one attached hydrogen (secondary N) is 1. The van der Waals surface area contributed by atoms with Crippen LogP contribution in [0.15, 0.2) is 0 Å². The van der Waals surface area contributed by atoms with Crippen LogP contribution in [0.2, 0.25) is 0 Å². The molecule has 2 rings (SSSR count). The molecule has 1 saturated carbocycles. The van der Waals surface area contributed by atoms with Gasteiger partial charge in [0.15, 0.2) is 0 Å². The summed E-state index contributed by atoms with van der Waals surface area (Å²) < 4.78 is 5.44. The molecule has 2 aliphatic rings. The largest absolute Gasteiger partial charge is 0.379 e. The van der Waals surface area contributed by atoms with E-state index in [1.807, 2.05) is 27.7 Å². The number of methoxy groups -OCH3 is 1. The maximum absolute atomic E-state index is 12.8. The first-order valence-electron chi connectivity index (χ1n) is 7.93. The predicted octanol–water partition coefficient (Wildman–Crippen LogP) is 1.71. The standard InChI is InChI=1S/C16H28N2O3/c1-6-16(4)14(20)17-12(11-7-8-11)13(19)18(16)10-9-15(2,3)21-5/h11-12H,6-10H2,1-5H3,(H,17,20). The first-order chi connectivity index (χ1) is 9.75. The lowest BCUT2D eigenvalue weighted by atomic mass is 9.88. The molecule has 1 saturated heterocycles. The number of ether oxygens (including phenoxy) is 1. The van der Waals surface area contributed by atoms with E-state index < -0.39 is 5.54 Å². The van der Waals surface area contributed by atoms with Crippen LogP contribution >= 0.6 is 0 Å². The molecule has 0 aromatic heterocycles. The van der Waals surface area contributed by atoms with E-state index in [9.17, 15) is 9.59 Å². The van der Waals surface area contributed by atoms with Crippen molar-refractivity contribution < 1.29 is 14.3 Å². The normalized spacial score (nSPS) is 30.5. The number of carbonyl (C=O) groups excluding carboxylic acids is 2. The van der Waals surface area contributed by atoms with Gasteiger partial charge in [-0.3, -0.25) is 9.59 Å².